The number of methoxy groups -OCH3 is 1. The summed E-state index contributed by atoms with van der Waals surface area (Å²) in [5.41, 5.74) is 6.90. The Balaban J connectivity index is 0.00000155. The quantitative estimate of drug-likeness (QED) is 0.261. The maximum absolute atomic E-state index is 13.8. The fourth-order valence-corrected chi connectivity index (χ4v) is 3.66. The number of benzene rings is 2. The van der Waals surface area contributed by atoms with Crippen LogP contribution in [0.15, 0.2) is 58.6 Å². The van der Waals surface area contributed by atoms with Crippen LogP contribution in [-0.2, 0) is 12.3 Å². The van der Waals surface area contributed by atoms with Crippen LogP contribution in [0.2, 0.25) is 0 Å². The first-order valence-electron chi connectivity index (χ1n) is 9.29. The molecule has 3 rings (SSSR count). The first kappa shape index (κ1) is 23.9. The van der Waals surface area contributed by atoms with Crippen LogP contribution < -0.4 is 15.2 Å². The zero-order valence-corrected chi connectivity index (χ0v) is 18.6. The highest BCUT2D eigenvalue weighted by Gasteiger charge is 2.11. The van der Waals surface area contributed by atoms with Gasteiger partial charge < -0.3 is 15.2 Å². The van der Waals surface area contributed by atoms with Crippen LogP contribution in [0.1, 0.15) is 25.0 Å². The predicted octanol–water partition coefficient (Wildman–Crippen LogP) is 5.66. The summed E-state index contributed by atoms with van der Waals surface area (Å²) >= 11 is 2.58. The Labute approximate surface area is 184 Å². The van der Waals surface area contributed by atoms with Crippen LogP contribution in [0.3, 0.4) is 0 Å². The number of ether oxygens (including phenoxy) is 1. The van der Waals surface area contributed by atoms with E-state index in [9.17, 15) is 8.78 Å². The van der Waals surface area contributed by atoms with Crippen LogP contribution in [0.5, 0.6) is 5.88 Å². The molecule has 0 saturated heterocycles. The van der Waals surface area contributed by atoms with E-state index < -0.39 is 11.6 Å². The number of rotatable bonds is 8. The van der Waals surface area contributed by atoms with Gasteiger partial charge in [-0.15, -0.1) is 0 Å². The molecule has 0 aliphatic rings. The molecule has 3 aromatic rings. The van der Waals surface area contributed by atoms with Crippen LogP contribution in [0.4, 0.5) is 14.6 Å². The molecule has 1 heterocycles. The maximum Gasteiger partial charge on any atom is 0.219 e. The number of nitrogens with two attached hydrogens (primary N) is 1. The van der Waals surface area contributed by atoms with Crippen molar-refractivity contribution in [1.82, 2.24) is 9.97 Å². The van der Waals surface area contributed by atoms with E-state index in [0.717, 1.165) is 16.5 Å². The Morgan fingerprint density at radius 3 is 2.47 bits per heavy atom. The van der Waals surface area contributed by atoms with Crippen molar-refractivity contribution in [3.8, 4) is 5.88 Å². The van der Waals surface area contributed by atoms with E-state index >= 15 is 0 Å². The highest BCUT2D eigenvalue weighted by atomic mass is 32.2. The van der Waals surface area contributed by atoms with Crippen molar-refractivity contribution in [2.45, 2.75) is 36.2 Å². The number of anilines is 1. The van der Waals surface area contributed by atoms with Gasteiger partial charge in [0, 0.05) is 28.8 Å². The second-order valence-corrected chi connectivity index (χ2v) is 7.45. The molecule has 1 aromatic heterocycles. The van der Waals surface area contributed by atoms with Crippen LogP contribution in [-0.4, -0.2) is 17.1 Å². The van der Waals surface area contributed by atoms with E-state index in [1.165, 1.54) is 43.0 Å². The third kappa shape index (κ3) is 6.86. The third-order valence-electron chi connectivity index (χ3n) is 3.71. The molecule has 9 heteroatoms. The Hall–Kier alpha value is -2.36. The zero-order chi connectivity index (χ0) is 21.9. The zero-order valence-electron chi connectivity index (χ0n) is 17.0. The molecule has 160 valence electrons. The van der Waals surface area contributed by atoms with E-state index in [-0.39, 0.29) is 11.3 Å². The fraction of sp³-hybridized carbons (Fsp3) is 0.238. The summed E-state index contributed by atoms with van der Waals surface area (Å²) in [5.74, 6) is -0.610. The smallest absolute Gasteiger partial charge is 0.219 e. The van der Waals surface area contributed by atoms with Crippen LogP contribution in [0.25, 0.3) is 0 Å². The lowest BCUT2D eigenvalue weighted by Crippen LogP contribution is -1.99. The van der Waals surface area contributed by atoms with Gasteiger partial charge in [-0.25, -0.2) is 13.8 Å². The minimum Gasteiger partial charge on any atom is -0.481 e. The number of halogens is 2. The van der Waals surface area contributed by atoms with Gasteiger partial charge in [0.05, 0.1) is 7.11 Å². The van der Waals surface area contributed by atoms with Crippen molar-refractivity contribution in [2.24, 2.45) is 5.73 Å². The summed E-state index contributed by atoms with van der Waals surface area (Å²) in [6.45, 7) is 4.49. The summed E-state index contributed by atoms with van der Waals surface area (Å²) in [7, 11) is 1.51. The monoisotopic (exact) mass is 450 g/mol. The Kier molecular flexibility index (Phi) is 9.85. The van der Waals surface area contributed by atoms with Crippen molar-refractivity contribution >= 4 is 29.5 Å². The number of aromatic nitrogens is 2. The van der Waals surface area contributed by atoms with Crippen LogP contribution in [0, 0.1) is 11.6 Å². The molecule has 0 amide bonds. The molecule has 0 radical (unpaired) electrons. The molecule has 0 fully saturated rings. The van der Waals surface area contributed by atoms with Gasteiger partial charge in [0.2, 0.25) is 5.88 Å². The SMILES string of the molecule is CC.COc1cc(NSc2ccc(CN)cc2)nc(SCc2cccc(F)c2F)n1. The van der Waals surface area contributed by atoms with E-state index in [1.54, 1.807) is 6.07 Å². The normalized spacial score (nSPS) is 10.2. The molecule has 0 spiro atoms. The number of hydrogen-bond donors (Lipinski definition) is 2. The summed E-state index contributed by atoms with van der Waals surface area (Å²) < 4.78 is 35.5. The largest absolute Gasteiger partial charge is 0.481 e. The lowest BCUT2D eigenvalue weighted by atomic mass is 10.2. The van der Waals surface area contributed by atoms with Gasteiger partial charge >= 0.3 is 0 Å². The van der Waals surface area contributed by atoms with Gasteiger partial charge in [-0.3, -0.25) is 0 Å². The summed E-state index contributed by atoms with van der Waals surface area (Å²) in [4.78, 5) is 9.64. The molecule has 0 atom stereocenters. The van der Waals surface area contributed by atoms with Crippen molar-refractivity contribution < 1.29 is 13.5 Å². The van der Waals surface area contributed by atoms with Crippen molar-refractivity contribution in [3.63, 3.8) is 0 Å². The third-order valence-corrected chi connectivity index (χ3v) is 5.43. The van der Waals surface area contributed by atoms with Crippen LogP contribution >= 0.6 is 23.7 Å². The van der Waals surface area contributed by atoms with Gasteiger partial charge in [-0.1, -0.05) is 49.9 Å². The summed E-state index contributed by atoms with van der Waals surface area (Å²) in [6, 6.07) is 13.6. The molecular formula is C21H24F2N4OS2. The highest BCUT2D eigenvalue weighted by molar-refractivity contribution is 8.00. The molecular weight excluding hydrogens is 426 g/mol. The Morgan fingerprint density at radius 1 is 1.07 bits per heavy atom. The first-order valence-corrected chi connectivity index (χ1v) is 11.1. The second-order valence-electron chi connectivity index (χ2n) is 5.63. The molecule has 3 N–H and O–H groups in total. The van der Waals surface area contributed by atoms with Gasteiger partial charge in [0.15, 0.2) is 16.8 Å². The lowest BCUT2D eigenvalue weighted by Gasteiger charge is -2.09. The standard InChI is InChI=1S/C19H18F2N4OS2.C2H6/c1-26-17-9-16(25-28-14-7-5-12(10-22)6-8-14)23-19(24-17)27-11-13-3-2-4-15(20)18(13)21;1-2/h2-9H,10-11,22H2,1H3,(H,23,24,25);1-2H3. The van der Waals surface area contributed by atoms with E-state index in [1.807, 2.05) is 38.1 Å². The van der Waals surface area contributed by atoms with Crippen molar-refractivity contribution in [3.05, 3.63) is 71.3 Å². The summed E-state index contributed by atoms with van der Waals surface area (Å²) in [5, 5.41) is 0.393. The molecule has 30 heavy (non-hydrogen) atoms. The van der Waals surface area contributed by atoms with Gasteiger partial charge in [0.25, 0.3) is 0 Å². The molecule has 0 aliphatic carbocycles. The predicted molar refractivity (Wildman–Crippen MR) is 120 cm³/mol. The average molecular weight is 451 g/mol. The first-order chi connectivity index (χ1) is 14.6. The van der Waals surface area contributed by atoms with Gasteiger partial charge in [0.1, 0.15) is 5.82 Å². The number of nitrogens with zero attached hydrogens (tertiary/aromatic N) is 2. The molecule has 0 saturated carbocycles. The molecule has 0 bridgehead atoms. The van der Waals surface area contributed by atoms with E-state index in [2.05, 4.69) is 14.7 Å². The molecule has 5 nitrogen and oxygen atoms in total. The number of nitrogens with one attached hydrogen (secondary N) is 1. The maximum atomic E-state index is 13.8. The minimum absolute atomic E-state index is 0.198. The number of hydrogen-bond acceptors (Lipinski definition) is 7. The summed E-state index contributed by atoms with van der Waals surface area (Å²) in [6.07, 6.45) is 0. The van der Waals surface area contributed by atoms with Crippen molar-refractivity contribution in [1.29, 1.82) is 0 Å². The molecule has 0 unspecified atom stereocenters. The van der Waals surface area contributed by atoms with E-state index in [4.69, 9.17) is 10.5 Å². The number of thioether (sulfide) groups is 1. The lowest BCUT2D eigenvalue weighted by molar-refractivity contribution is 0.393. The van der Waals surface area contributed by atoms with Gasteiger partial charge in [-0.2, -0.15) is 4.98 Å². The minimum atomic E-state index is -0.871. The molecule has 2 aromatic carbocycles. The van der Waals surface area contributed by atoms with Gasteiger partial charge in [-0.05, 0) is 35.7 Å². The highest BCUT2D eigenvalue weighted by Crippen LogP contribution is 2.27. The molecule has 0 aliphatic heterocycles. The fourth-order valence-electron chi connectivity index (χ4n) is 2.23. The Morgan fingerprint density at radius 2 is 1.80 bits per heavy atom. The topological polar surface area (TPSA) is 73.1 Å². The van der Waals surface area contributed by atoms with E-state index in [0.29, 0.717) is 23.4 Å². The van der Waals surface area contributed by atoms with Crippen molar-refractivity contribution in [2.75, 3.05) is 11.8 Å². The average Bonchev–Trinajstić information content (AvgIpc) is 2.80. The second kappa shape index (κ2) is 12.4. The Bertz CT molecular complexity index is 943.